The van der Waals surface area contributed by atoms with E-state index in [1.54, 1.807) is 15.9 Å². The van der Waals surface area contributed by atoms with Crippen LogP contribution in [0.3, 0.4) is 0 Å². The zero-order valence-electron chi connectivity index (χ0n) is 17.9. The topological polar surface area (TPSA) is 81.8 Å². The Morgan fingerprint density at radius 1 is 1.13 bits per heavy atom. The number of rotatable bonds is 8. The van der Waals surface area contributed by atoms with Crippen LogP contribution in [0.5, 0.6) is 0 Å². The number of benzene rings is 2. The average Bonchev–Trinajstić information content (AvgIpc) is 3.16. The maximum Gasteiger partial charge on any atom is 0.244 e. The second-order valence-electron chi connectivity index (χ2n) is 7.78. The number of hydrogen-bond donors (Lipinski definition) is 2. The van der Waals surface area contributed by atoms with Crippen molar-refractivity contribution in [2.45, 2.75) is 19.4 Å². The van der Waals surface area contributed by atoms with E-state index < -0.39 is 0 Å². The summed E-state index contributed by atoms with van der Waals surface area (Å²) >= 11 is 0. The first-order valence-corrected chi connectivity index (χ1v) is 10.3. The van der Waals surface area contributed by atoms with Crippen LogP contribution in [0, 0.1) is 0 Å². The fourth-order valence-electron chi connectivity index (χ4n) is 3.35. The maximum atomic E-state index is 12.2. The van der Waals surface area contributed by atoms with Crippen molar-refractivity contribution < 1.29 is 14.4 Å². The minimum atomic E-state index is -0.208. The van der Waals surface area contributed by atoms with E-state index in [2.05, 4.69) is 10.6 Å². The molecule has 0 bridgehead atoms. The van der Waals surface area contributed by atoms with Crippen LogP contribution in [0.15, 0.2) is 54.6 Å². The highest BCUT2D eigenvalue weighted by Gasteiger charge is 2.21. The lowest BCUT2D eigenvalue weighted by Gasteiger charge is -2.15. The van der Waals surface area contributed by atoms with Crippen molar-refractivity contribution in [3.8, 4) is 0 Å². The lowest BCUT2D eigenvalue weighted by atomic mass is 10.1. The Hall–Kier alpha value is -3.45. The average molecular weight is 421 g/mol. The molecule has 0 aromatic heterocycles. The maximum absolute atomic E-state index is 12.2. The van der Waals surface area contributed by atoms with Gasteiger partial charge >= 0.3 is 0 Å². The van der Waals surface area contributed by atoms with E-state index in [9.17, 15) is 14.4 Å². The fourth-order valence-corrected chi connectivity index (χ4v) is 3.35. The number of amides is 3. The molecule has 0 atom stereocenters. The van der Waals surface area contributed by atoms with E-state index in [0.29, 0.717) is 25.2 Å². The highest BCUT2D eigenvalue weighted by Crippen LogP contribution is 2.21. The molecule has 3 amide bonds. The van der Waals surface area contributed by atoms with E-state index in [-0.39, 0.29) is 17.7 Å². The summed E-state index contributed by atoms with van der Waals surface area (Å²) in [5, 5.41) is 5.69. The minimum Gasteiger partial charge on any atom is -0.348 e. The highest BCUT2D eigenvalue weighted by atomic mass is 16.2. The smallest absolute Gasteiger partial charge is 0.244 e. The molecule has 1 fully saturated rings. The van der Waals surface area contributed by atoms with Crippen LogP contribution in [0.4, 0.5) is 11.4 Å². The van der Waals surface area contributed by atoms with E-state index in [1.807, 2.05) is 62.6 Å². The third-order valence-corrected chi connectivity index (χ3v) is 4.84. The van der Waals surface area contributed by atoms with Crippen molar-refractivity contribution in [2.75, 3.05) is 37.4 Å². The normalized spacial score (nSPS) is 13.8. The van der Waals surface area contributed by atoms with Gasteiger partial charge in [0.25, 0.3) is 0 Å². The molecule has 162 valence electrons. The van der Waals surface area contributed by atoms with Gasteiger partial charge in [-0.15, -0.1) is 0 Å². The summed E-state index contributed by atoms with van der Waals surface area (Å²) in [5.74, 6) is -0.140. The van der Waals surface area contributed by atoms with Gasteiger partial charge in [-0.3, -0.25) is 14.4 Å². The third-order valence-electron chi connectivity index (χ3n) is 4.84. The highest BCUT2D eigenvalue weighted by molar-refractivity contribution is 5.95. The Balaban J connectivity index is 1.49. The molecule has 2 N–H and O–H groups in total. The molecule has 0 spiro atoms. The Morgan fingerprint density at radius 3 is 2.58 bits per heavy atom. The Labute approximate surface area is 182 Å². The number of nitrogens with one attached hydrogen (secondary N) is 2. The first kappa shape index (κ1) is 22.2. The summed E-state index contributed by atoms with van der Waals surface area (Å²) in [7, 11) is 3.67. The minimum absolute atomic E-state index is 0.0887. The molecular weight excluding hydrogens is 392 g/mol. The molecule has 31 heavy (non-hydrogen) atoms. The van der Waals surface area contributed by atoms with E-state index >= 15 is 0 Å². The summed E-state index contributed by atoms with van der Waals surface area (Å²) < 4.78 is 0. The molecule has 0 radical (unpaired) electrons. The zero-order valence-corrected chi connectivity index (χ0v) is 17.9. The van der Waals surface area contributed by atoms with Crippen LogP contribution in [0.1, 0.15) is 24.0 Å². The number of anilines is 2. The summed E-state index contributed by atoms with van der Waals surface area (Å²) in [6, 6.07) is 15.0. The largest absolute Gasteiger partial charge is 0.348 e. The predicted octanol–water partition coefficient (Wildman–Crippen LogP) is 2.64. The van der Waals surface area contributed by atoms with Crippen LogP contribution in [-0.2, 0) is 20.9 Å². The fraction of sp³-hybridized carbons (Fsp3) is 0.292. The molecule has 1 saturated heterocycles. The number of likely N-dealkylation sites (N-methyl/N-ethyl adjacent to an activating group) is 1. The molecule has 7 heteroatoms. The quantitative estimate of drug-likeness (QED) is 0.644. The molecule has 1 aliphatic rings. The molecular formula is C24H28N4O3. The SMILES string of the molecule is CN(C)CC(=O)Nc1cccc(CNC(=O)/C=C/c2ccc(N3CCCC3=O)cc2)c1. The van der Waals surface area contributed by atoms with Crippen LogP contribution in [0.25, 0.3) is 6.08 Å². The standard InChI is InChI=1S/C24H28N4O3/c1-27(2)17-23(30)26-20-6-3-5-19(15-20)16-25-22(29)13-10-18-8-11-21(12-9-18)28-14-4-7-24(28)31/h3,5-6,8-13,15H,4,7,14,16-17H2,1-2H3,(H,25,29)(H,26,30)/b13-10+. The molecule has 0 unspecified atom stereocenters. The van der Waals surface area contributed by atoms with Gasteiger partial charge in [0.2, 0.25) is 17.7 Å². The molecule has 0 aliphatic carbocycles. The van der Waals surface area contributed by atoms with Crippen molar-refractivity contribution >= 4 is 35.2 Å². The van der Waals surface area contributed by atoms with Crippen molar-refractivity contribution in [3.05, 3.63) is 65.7 Å². The predicted molar refractivity (Wildman–Crippen MR) is 123 cm³/mol. The second kappa shape index (κ2) is 10.5. The molecule has 2 aromatic carbocycles. The Bertz CT molecular complexity index is 967. The molecule has 3 rings (SSSR count). The first-order chi connectivity index (χ1) is 14.9. The molecule has 2 aromatic rings. The molecule has 7 nitrogen and oxygen atoms in total. The van der Waals surface area contributed by atoms with Gasteiger partial charge in [0.05, 0.1) is 6.54 Å². The number of carbonyl (C=O) groups is 3. The first-order valence-electron chi connectivity index (χ1n) is 10.3. The van der Waals surface area contributed by atoms with Crippen LogP contribution < -0.4 is 15.5 Å². The van der Waals surface area contributed by atoms with E-state index in [1.165, 1.54) is 6.08 Å². The Morgan fingerprint density at radius 2 is 1.90 bits per heavy atom. The van der Waals surface area contributed by atoms with Gasteiger partial charge < -0.3 is 20.4 Å². The van der Waals surface area contributed by atoms with Crippen LogP contribution >= 0.6 is 0 Å². The van der Waals surface area contributed by atoms with Gasteiger partial charge in [0.15, 0.2) is 0 Å². The number of carbonyl (C=O) groups excluding carboxylic acids is 3. The second-order valence-corrected chi connectivity index (χ2v) is 7.78. The van der Waals surface area contributed by atoms with E-state index in [4.69, 9.17) is 0 Å². The van der Waals surface area contributed by atoms with Crippen molar-refractivity contribution in [2.24, 2.45) is 0 Å². The van der Waals surface area contributed by atoms with Gasteiger partial charge in [-0.2, -0.15) is 0 Å². The summed E-state index contributed by atoms with van der Waals surface area (Å²) in [6.07, 6.45) is 4.72. The number of hydrogen-bond acceptors (Lipinski definition) is 4. The Kier molecular flexibility index (Phi) is 7.56. The van der Waals surface area contributed by atoms with Gasteiger partial charge in [-0.25, -0.2) is 0 Å². The van der Waals surface area contributed by atoms with Gasteiger partial charge in [-0.05, 0) is 62.0 Å². The molecule has 0 saturated carbocycles. The number of nitrogens with zero attached hydrogens (tertiary/aromatic N) is 2. The van der Waals surface area contributed by atoms with Crippen LogP contribution in [0.2, 0.25) is 0 Å². The molecule has 1 aliphatic heterocycles. The van der Waals surface area contributed by atoms with Crippen molar-refractivity contribution in [3.63, 3.8) is 0 Å². The summed E-state index contributed by atoms with van der Waals surface area (Å²) in [5.41, 5.74) is 3.37. The van der Waals surface area contributed by atoms with E-state index in [0.717, 1.165) is 29.8 Å². The van der Waals surface area contributed by atoms with Crippen molar-refractivity contribution in [1.29, 1.82) is 0 Å². The lowest BCUT2D eigenvalue weighted by Crippen LogP contribution is -2.27. The van der Waals surface area contributed by atoms with Crippen LogP contribution in [-0.4, -0.2) is 49.8 Å². The summed E-state index contributed by atoms with van der Waals surface area (Å²) in [6.45, 7) is 1.43. The zero-order chi connectivity index (χ0) is 22.2. The van der Waals surface area contributed by atoms with Gasteiger partial charge in [0, 0.05) is 37.0 Å². The monoisotopic (exact) mass is 420 g/mol. The third kappa shape index (κ3) is 6.79. The van der Waals surface area contributed by atoms with Gasteiger partial charge in [-0.1, -0.05) is 24.3 Å². The molecule has 1 heterocycles. The van der Waals surface area contributed by atoms with Gasteiger partial charge in [0.1, 0.15) is 0 Å². The summed E-state index contributed by atoms with van der Waals surface area (Å²) in [4.78, 5) is 39.4. The lowest BCUT2D eigenvalue weighted by molar-refractivity contribution is -0.117. The van der Waals surface area contributed by atoms with Crippen molar-refractivity contribution in [1.82, 2.24) is 10.2 Å².